The topological polar surface area (TPSA) is 83.1 Å². The maximum absolute atomic E-state index is 13.5. The zero-order valence-electron chi connectivity index (χ0n) is 19.9. The molecule has 1 saturated carbocycles. The lowest BCUT2D eigenvalue weighted by molar-refractivity contribution is -0.141. The average molecular weight is 504 g/mol. The van der Waals surface area contributed by atoms with E-state index < -0.39 is 17.8 Å². The number of anilines is 1. The molecule has 1 aliphatic carbocycles. The van der Waals surface area contributed by atoms with Crippen LogP contribution in [0.2, 0.25) is 0 Å². The van der Waals surface area contributed by atoms with E-state index in [4.69, 9.17) is 0 Å². The molecule has 0 saturated heterocycles. The maximum atomic E-state index is 13.5. The van der Waals surface area contributed by atoms with Gasteiger partial charge in [0.25, 0.3) is 5.91 Å². The molecular weight excluding hydrogens is 479 g/mol. The van der Waals surface area contributed by atoms with E-state index in [2.05, 4.69) is 15.4 Å². The third kappa shape index (κ3) is 5.64. The number of hydrogen-bond donors (Lipinski definition) is 1. The van der Waals surface area contributed by atoms with Crippen LogP contribution in [-0.2, 0) is 6.18 Å². The number of halogens is 3. The molecule has 5 rings (SSSR count). The summed E-state index contributed by atoms with van der Waals surface area (Å²) in [5, 5.41) is 15.6. The van der Waals surface area contributed by atoms with Crippen LogP contribution >= 0.6 is 0 Å². The Morgan fingerprint density at radius 3 is 2.68 bits per heavy atom. The van der Waals surface area contributed by atoms with Crippen LogP contribution in [0.1, 0.15) is 65.3 Å². The standard InChI is InChI=1S/C28H24F3N5O/c29-28(30,31)26-15-25(36(35-26)23-6-1-3-19(13-23)16-32)27(37)34-22-5-2-4-20(14-22)24(10-9-18-7-8-18)21-11-12-33-17-21/h1-6,12-15,17-18,24H,7-11H2,(H,34,37). The van der Waals surface area contributed by atoms with Gasteiger partial charge in [0.1, 0.15) is 5.69 Å². The normalized spacial score (nSPS) is 15.8. The van der Waals surface area contributed by atoms with E-state index in [1.54, 1.807) is 6.07 Å². The van der Waals surface area contributed by atoms with Gasteiger partial charge in [-0.3, -0.25) is 9.79 Å². The van der Waals surface area contributed by atoms with Crippen LogP contribution in [0.15, 0.2) is 71.4 Å². The molecule has 1 atom stereocenters. The van der Waals surface area contributed by atoms with Gasteiger partial charge in [0.15, 0.2) is 5.69 Å². The number of hydrogen-bond acceptors (Lipinski definition) is 4. The van der Waals surface area contributed by atoms with Gasteiger partial charge >= 0.3 is 6.18 Å². The van der Waals surface area contributed by atoms with Crippen molar-refractivity contribution in [2.24, 2.45) is 10.9 Å². The Morgan fingerprint density at radius 2 is 1.97 bits per heavy atom. The molecule has 1 aliphatic heterocycles. The van der Waals surface area contributed by atoms with Crippen molar-refractivity contribution < 1.29 is 18.0 Å². The van der Waals surface area contributed by atoms with Crippen LogP contribution in [-0.4, -0.2) is 21.9 Å². The molecule has 2 heterocycles. The molecule has 1 fully saturated rings. The number of aliphatic imine (C=N–C) groups is 1. The van der Waals surface area contributed by atoms with Crippen LogP contribution in [0.25, 0.3) is 5.69 Å². The van der Waals surface area contributed by atoms with Crippen molar-refractivity contribution in [3.8, 4) is 11.8 Å². The van der Waals surface area contributed by atoms with Gasteiger partial charge in [-0.05, 0) is 60.2 Å². The van der Waals surface area contributed by atoms with E-state index in [0.29, 0.717) is 5.69 Å². The zero-order valence-corrected chi connectivity index (χ0v) is 19.9. The summed E-state index contributed by atoms with van der Waals surface area (Å²) in [6.07, 6.45) is 4.47. The highest BCUT2D eigenvalue weighted by Gasteiger charge is 2.36. The number of alkyl halides is 3. The smallest absolute Gasteiger partial charge is 0.321 e. The SMILES string of the molecule is N#Cc1cccc(-n2nc(C(F)(F)F)cc2C(=O)Nc2cccc(C(CCC3CC3)C3=CN=CC3)c2)c1. The molecule has 1 amide bonds. The summed E-state index contributed by atoms with van der Waals surface area (Å²) in [4.78, 5) is 17.5. The van der Waals surface area contributed by atoms with Crippen LogP contribution in [0.4, 0.5) is 18.9 Å². The van der Waals surface area contributed by atoms with Gasteiger partial charge in [0.05, 0.1) is 17.3 Å². The largest absolute Gasteiger partial charge is 0.435 e. The third-order valence-corrected chi connectivity index (χ3v) is 6.68. The second kappa shape index (κ2) is 10.1. The first kappa shape index (κ1) is 24.5. The molecule has 6 nitrogen and oxygen atoms in total. The lowest BCUT2D eigenvalue weighted by Crippen LogP contribution is -2.17. The second-order valence-corrected chi connectivity index (χ2v) is 9.38. The second-order valence-electron chi connectivity index (χ2n) is 9.38. The Kier molecular flexibility index (Phi) is 6.66. The van der Waals surface area contributed by atoms with E-state index in [9.17, 15) is 23.2 Å². The predicted molar refractivity (Wildman–Crippen MR) is 134 cm³/mol. The van der Waals surface area contributed by atoms with Crippen molar-refractivity contribution in [2.45, 2.75) is 44.2 Å². The highest BCUT2D eigenvalue weighted by Crippen LogP contribution is 2.40. The molecule has 1 N–H and O–H groups in total. The molecule has 37 heavy (non-hydrogen) atoms. The monoisotopic (exact) mass is 503 g/mol. The number of amides is 1. The molecule has 2 aromatic carbocycles. The van der Waals surface area contributed by atoms with Crippen molar-refractivity contribution in [2.75, 3.05) is 5.32 Å². The van der Waals surface area contributed by atoms with E-state index in [-0.39, 0.29) is 22.9 Å². The summed E-state index contributed by atoms with van der Waals surface area (Å²) in [7, 11) is 0. The summed E-state index contributed by atoms with van der Waals surface area (Å²) < 4.78 is 41.4. The maximum Gasteiger partial charge on any atom is 0.435 e. The lowest BCUT2D eigenvalue weighted by Gasteiger charge is -2.19. The number of allylic oxidation sites excluding steroid dienone is 1. The minimum absolute atomic E-state index is 0.163. The van der Waals surface area contributed by atoms with Gasteiger partial charge in [0, 0.05) is 36.5 Å². The first-order valence-corrected chi connectivity index (χ1v) is 12.1. The van der Waals surface area contributed by atoms with Gasteiger partial charge in [-0.2, -0.15) is 23.5 Å². The number of carbonyl (C=O) groups is 1. The van der Waals surface area contributed by atoms with Crippen molar-refractivity contribution in [3.05, 3.63) is 88.9 Å². The fourth-order valence-electron chi connectivity index (χ4n) is 4.58. The van der Waals surface area contributed by atoms with Crippen molar-refractivity contribution in [1.82, 2.24) is 9.78 Å². The van der Waals surface area contributed by atoms with Gasteiger partial charge in [0.2, 0.25) is 0 Å². The molecule has 188 valence electrons. The summed E-state index contributed by atoms with van der Waals surface area (Å²) in [5.41, 5.74) is 1.67. The third-order valence-electron chi connectivity index (χ3n) is 6.68. The summed E-state index contributed by atoms with van der Waals surface area (Å²) in [6, 6.07) is 16.0. The first-order chi connectivity index (χ1) is 17.8. The molecule has 9 heteroatoms. The van der Waals surface area contributed by atoms with Gasteiger partial charge in [-0.25, -0.2) is 4.68 Å². The minimum Gasteiger partial charge on any atom is -0.321 e. The summed E-state index contributed by atoms with van der Waals surface area (Å²) >= 11 is 0. The molecule has 0 radical (unpaired) electrons. The van der Waals surface area contributed by atoms with Gasteiger partial charge in [-0.15, -0.1) is 0 Å². The Labute approximate surface area is 212 Å². The fraction of sp³-hybridized carbons (Fsp3) is 0.286. The molecule has 3 aromatic rings. The number of nitrogens with one attached hydrogen (secondary N) is 1. The van der Waals surface area contributed by atoms with Crippen LogP contribution in [0.5, 0.6) is 0 Å². The van der Waals surface area contributed by atoms with Crippen molar-refractivity contribution in [1.29, 1.82) is 5.26 Å². The highest BCUT2D eigenvalue weighted by molar-refractivity contribution is 6.03. The van der Waals surface area contributed by atoms with Crippen LogP contribution < -0.4 is 5.32 Å². The molecule has 0 bridgehead atoms. The van der Waals surface area contributed by atoms with E-state index in [1.165, 1.54) is 42.7 Å². The molecule has 2 aliphatic rings. The number of nitriles is 1. The van der Waals surface area contributed by atoms with Crippen molar-refractivity contribution in [3.63, 3.8) is 0 Å². The Bertz CT molecular complexity index is 1430. The first-order valence-electron chi connectivity index (χ1n) is 12.1. The predicted octanol–water partition coefficient (Wildman–Crippen LogP) is 6.65. The number of aromatic nitrogens is 2. The average Bonchev–Trinajstić information content (AvgIpc) is 3.35. The van der Waals surface area contributed by atoms with E-state index in [0.717, 1.165) is 41.5 Å². The van der Waals surface area contributed by atoms with Crippen LogP contribution in [0, 0.1) is 17.2 Å². The molecular formula is C28H24F3N5O. The van der Waals surface area contributed by atoms with Gasteiger partial charge in [-0.1, -0.05) is 31.0 Å². The summed E-state index contributed by atoms with van der Waals surface area (Å²) in [6.45, 7) is 0. The summed E-state index contributed by atoms with van der Waals surface area (Å²) in [5.74, 6) is 0.201. The lowest BCUT2D eigenvalue weighted by atomic mass is 9.86. The number of carbonyl (C=O) groups excluding carboxylic acids is 1. The van der Waals surface area contributed by atoms with Gasteiger partial charge < -0.3 is 5.32 Å². The minimum atomic E-state index is -4.74. The Hall–Kier alpha value is -4.19. The highest BCUT2D eigenvalue weighted by atomic mass is 19.4. The number of benzene rings is 2. The molecule has 1 aromatic heterocycles. The zero-order chi connectivity index (χ0) is 26.0. The quantitative estimate of drug-likeness (QED) is 0.374. The number of rotatable bonds is 8. The number of nitrogens with zero attached hydrogens (tertiary/aromatic N) is 4. The van der Waals surface area contributed by atoms with Crippen LogP contribution in [0.3, 0.4) is 0 Å². The Morgan fingerprint density at radius 1 is 1.16 bits per heavy atom. The van der Waals surface area contributed by atoms with Crippen molar-refractivity contribution >= 4 is 17.8 Å². The van der Waals surface area contributed by atoms with E-state index >= 15 is 0 Å². The Balaban J connectivity index is 1.43. The molecule has 0 spiro atoms. The fourth-order valence-corrected chi connectivity index (χ4v) is 4.58. The molecule has 1 unspecified atom stereocenters. The van der Waals surface area contributed by atoms with E-state index in [1.807, 2.05) is 36.7 Å².